The Hall–Kier alpha value is -4.85. The number of aryl methyl sites for hydroxylation is 1. The molecule has 1 aromatic heterocycles. The highest BCUT2D eigenvalue weighted by atomic mass is 19.1. The highest BCUT2D eigenvalue weighted by molar-refractivity contribution is 5.95. The van der Waals surface area contributed by atoms with E-state index >= 15 is 0 Å². The molecule has 3 aromatic carbocycles. The number of Topliss-reactive ketones (excluding diaryl/α,β-unsaturated/α-hetero) is 1. The maximum Gasteiger partial charge on any atom is 0.310 e. The molecule has 0 unspecified atom stereocenters. The smallest absolute Gasteiger partial charge is 0.310 e. The van der Waals surface area contributed by atoms with Crippen molar-refractivity contribution in [1.82, 2.24) is 9.88 Å². The molecule has 258 valence electrons. The number of carbonyl (C=O) groups excluding carboxylic acids is 2. The monoisotopic (exact) mass is 674 g/mol. The van der Waals surface area contributed by atoms with Crippen LogP contribution in [-0.4, -0.2) is 51.3 Å². The number of benzene rings is 3. The summed E-state index contributed by atoms with van der Waals surface area (Å²) in [6.07, 6.45) is 8.49. The fourth-order valence-corrected chi connectivity index (χ4v) is 7.90. The number of pyridine rings is 1. The number of carboxylic acid groups (broad SMARTS) is 1. The van der Waals surface area contributed by atoms with Gasteiger partial charge in [-0.05, 0) is 80.3 Å². The number of carboxylic acids is 1. The summed E-state index contributed by atoms with van der Waals surface area (Å²) in [7, 11) is 0. The molecule has 50 heavy (non-hydrogen) atoms. The molecule has 0 bridgehead atoms. The Morgan fingerprint density at radius 2 is 1.86 bits per heavy atom. The van der Waals surface area contributed by atoms with Crippen LogP contribution in [0.1, 0.15) is 62.5 Å². The van der Waals surface area contributed by atoms with Crippen LogP contribution in [-0.2, 0) is 20.8 Å². The number of nitrogens with zero attached hydrogens (tertiary/aromatic N) is 2. The third-order valence-corrected chi connectivity index (χ3v) is 10.8. The summed E-state index contributed by atoms with van der Waals surface area (Å²) in [5.74, 6) is -1.77. The van der Waals surface area contributed by atoms with Gasteiger partial charge >= 0.3 is 5.97 Å². The van der Waals surface area contributed by atoms with Gasteiger partial charge in [-0.2, -0.15) is 0 Å². The van der Waals surface area contributed by atoms with Crippen LogP contribution in [0.25, 0.3) is 22.2 Å². The summed E-state index contributed by atoms with van der Waals surface area (Å²) in [6, 6.07) is 23.3. The molecule has 1 saturated heterocycles. The van der Waals surface area contributed by atoms with Crippen molar-refractivity contribution in [2.45, 2.75) is 76.9 Å². The van der Waals surface area contributed by atoms with E-state index < -0.39 is 29.4 Å². The van der Waals surface area contributed by atoms with Gasteiger partial charge in [0.15, 0.2) is 5.78 Å². The zero-order valence-corrected chi connectivity index (χ0v) is 28.4. The number of ketones is 1. The first kappa shape index (κ1) is 33.6. The normalized spacial score (nSPS) is 26.4. The number of halogens is 1. The van der Waals surface area contributed by atoms with E-state index in [9.17, 15) is 23.9 Å². The number of aromatic nitrogens is 1. The first-order chi connectivity index (χ1) is 24.2. The molecule has 0 spiro atoms. The van der Waals surface area contributed by atoms with Crippen LogP contribution in [0, 0.1) is 30.0 Å². The number of allylic oxidation sites excluding steroid dienone is 2. The molecule has 4 aromatic rings. The van der Waals surface area contributed by atoms with Crippen molar-refractivity contribution in [1.29, 1.82) is 0 Å². The van der Waals surface area contributed by atoms with Crippen LogP contribution in [0.2, 0.25) is 0 Å². The maximum atomic E-state index is 14.6. The van der Waals surface area contributed by atoms with E-state index in [0.717, 1.165) is 59.0 Å². The summed E-state index contributed by atoms with van der Waals surface area (Å²) in [6.45, 7) is 2.20. The number of hydrogen-bond donors (Lipinski definition) is 1. The van der Waals surface area contributed by atoms with E-state index in [2.05, 4.69) is 0 Å². The number of hydrogen-bond acceptors (Lipinski definition) is 5. The zero-order valence-electron chi connectivity index (χ0n) is 28.4. The van der Waals surface area contributed by atoms with E-state index in [1.54, 1.807) is 11.0 Å². The van der Waals surface area contributed by atoms with Crippen LogP contribution < -0.4 is 4.74 Å². The Balaban J connectivity index is 1.23. The van der Waals surface area contributed by atoms with Gasteiger partial charge in [0, 0.05) is 35.8 Å². The SMILES string of the molecule is Cc1ccc2c(O[C@@H]3C[C@H]4C(=O)C[C@]5(C(=O)O)C[C@@H]5/C=C\CCCCC[C@H](Cc5cccc(F)c5)C(=O)N4C3)cc(-c3ccccc3)nc2c1. The zero-order chi connectivity index (χ0) is 34.8. The predicted octanol–water partition coefficient (Wildman–Crippen LogP) is 8.13. The summed E-state index contributed by atoms with van der Waals surface area (Å²) in [5, 5.41) is 11.1. The molecule has 0 radical (unpaired) electrons. The van der Waals surface area contributed by atoms with E-state index in [-0.39, 0.29) is 42.8 Å². The Bertz CT molecular complexity index is 1940. The van der Waals surface area contributed by atoms with Crippen molar-refractivity contribution in [3.8, 4) is 17.0 Å². The summed E-state index contributed by atoms with van der Waals surface area (Å²) < 4.78 is 21.0. The summed E-state index contributed by atoms with van der Waals surface area (Å²) in [5.41, 5.74) is 3.13. The van der Waals surface area contributed by atoms with Gasteiger partial charge in [-0.1, -0.05) is 73.5 Å². The Morgan fingerprint density at radius 1 is 1.02 bits per heavy atom. The topological polar surface area (TPSA) is 96.8 Å². The summed E-state index contributed by atoms with van der Waals surface area (Å²) >= 11 is 0. The molecule has 1 N–H and O–H groups in total. The van der Waals surface area contributed by atoms with Crippen LogP contribution in [0.3, 0.4) is 0 Å². The van der Waals surface area contributed by atoms with Crippen LogP contribution >= 0.6 is 0 Å². The van der Waals surface area contributed by atoms with E-state index in [1.807, 2.05) is 79.7 Å². The minimum Gasteiger partial charge on any atom is -0.488 e. The van der Waals surface area contributed by atoms with Crippen molar-refractivity contribution in [3.05, 3.63) is 108 Å². The standard InChI is InChI=1S/C42H43FN2O5/c1-27-17-18-34-36(19-27)44-35(29-12-7-5-8-13-29)23-39(34)50-33-22-37-38(46)25-42(41(48)49)24-31(42)15-9-4-2-3-6-14-30(40(47)45(37)26-33)20-28-11-10-16-32(43)21-28/h5,7-13,15-19,21,23,30-31,33,37H,2-4,6,14,20,22,24-26H2,1H3,(H,48,49)/b15-9-/t30-,31+,33-,37+,42-/m1/s1. The Kier molecular flexibility index (Phi) is 9.54. The van der Waals surface area contributed by atoms with E-state index in [0.29, 0.717) is 25.0 Å². The van der Waals surface area contributed by atoms with E-state index in [4.69, 9.17) is 9.72 Å². The first-order valence-electron chi connectivity index (χ1n) is 17.8. The fraction of sp³-hybridized carbons (Fsp3) is 0.381. The predicted molar refractivity (Wildman–Crippen MR) is 190 cm³/mol. The fourth-order valence-electron chi connectivity index (χ4n) is 7.90. The number of carbonyl (C=O) groups is 3. The average Bonchev–Trinajstić information content (AvgIpc) is 3.64. The van der Waals surface area contributed by atoms with Crippen molar-refractivity contribution in [2.75, 3.05) is 6.54 Å². The number of amides is 1. The van der Waals surface area contributed by atoms with Crippen LogP contribution in [0.15, 0.2) is 91.0 Å². The molecule has 1 saturated carbocycles. The minimum absolute atomic E-state index is 0.136. The average molecular weight is 675 g/mol. The quantitative estimate of drug-likeness (QED) is 0.208. The lowest BCUT2D eigenvalue weighted by Crippen LogP contribution is -2.45. The second-order valence-electron chi connectivity index (χ2n) is 14.4. The maximum absolute atomic E-state index is 14.6. The van der Waals surface area contributed by atoms with Crippen molar-refractivity contribution >= 4 is 28.6 Å². The lowest BCUT2D eigenvalue weighted by atomic mass is 9.90. The Labute approximate surface area is 292 Å². The van der Waals surface area contributed by atoms with Gasteiger partial charge in [0.25, 0.3) is 0 Å². The first-order valence-corrected chi connectivity index (χ1v) is 17.8. The van der Waals surface area contributed by atoms with Gasteiger partial charge in [-0.25, -0.2) is 9.37 Å². The molecule has 7 rings (SSSR count). The Morgan fingerprint density at radius 3 is 2.66 bits per heavy atom. The highest BCUT2D eigenvalue weighted by Gasteiger charge is 2.61. The highest BCUT2D eigenvalue weighted by Crippen LogP contribution is 2.57. The summed E-state index contributed by atoms with van der Waals surface area (Å²) in [4.78, 5) is 47.9. The number of aliphatic carboxylic acids is 1. The van der Waals surface area contributed by atoms with Gasteiger partial charge in [0.05, 0.1) is 29.2 Å². The molecule has 2 fully saturated rings. The number of ether oxygens (including phenoxy) is 1. The van der Waals surface area contributed by atoms with E-state index in [1.165, 1.54) is 12.1 Å². The lowest BCUT2D eigenvalue weighted by molar-refractivity contribution is -0.147. The third-order valence-electron chi connectivity index (χ3n) is 10.8. The third kappa shape index (κ3) is 7.07. The number of fused-ring (bicyclic) bond motifs is 3. The molecule has 1 aliphatic carbocycles. The van der Waals surface area contributed by atoms with Gasteiger partial charge in [-0.15, -0.1) is 0 Å². The molecular formula is C42H43FN2O5. The number of rotatable bonds is 6. The second kappa shape index (κ2) is 14.2. The second-order valence-corrected chi connectivity index (χ2v) is 14.4. The van der Waals surface area contributed by atoms with Crippen molar-refractivity contribution < 1.29 is 28.6 Å². The molecule has 5 atom stereocenters. The van der Waals surface area contributed by atoms with Gasteiger partial charge < -0.3 is 14.7 Å². The van der Waals surface area contributed by atoms with Gasteiger partial charge in [-0.3, -0.25) is 14.4 Å². The van der Waals surface area contributed by atoms with Crippen LogP contribution in [0.5, 0.6) is 5.75 Å². The van der Waals surface area contributed by atoms with Gasteiger partial charge in [0.1, 0.15) is 17.7 Å². The van der Waals surface area contributed by atoms with Crippen molar-refractivity contribution in [3.63, 3.8) is 0 Å². The molecule has 3 aliphatic rings. The van der Waals surface area contributed by atoms with Crippen molar-refractivity contribution in [2.24, 2.45) is 17.3 Å². The largest absolute Gasteiger partial charge is 0.488 e. The molecular weight excluding hydrogens is 631 g/mol. The molecule has 8 heteroatoms. The molecule has 2 aliphatic heterocycles. The molecule has 7 nitrogen and oxygen atoms in total. The lowest BCUT2D eigenvalue weighted by Gasteiger charge is -2.29. The minimum atomic E-state index is -1.15. The van der Waals surface area contributed by atoms with Gasteiger partial charge in [0.2, 0.25) is 5.91 Å². The van der Waals surface area contributed by atoms with Crippen LogP contribution in [0.4, 0.5) is 4.39 Å². The molecule has 1 amide bonds. The molecule has 3 heterocycles.